The molecule has 0 radical (unpaired) electrons. The molecule has 0 aliphatic carbocycles. The Balaban J connectivity index is 0.000000379. The topological polar surface area (TPSA) is 127 Å². The Bertz CT molecular complexity index is 653. The van der Waals surface area contributed by atoms with E-state index in [1.54, 1.807) is 44.4 Å². The standard InChI is InChI=1S/C12H10N2O3.C3H8N2O/c13-8-1-3-9(4-2-8)17-10-5-6-14-11(7-10)12(15)16;1-4-3(6)5-2/h1-7H,13H2,(H,15,16);1-2H3,(H2,4,5,6). The summed E-state index contributed by atoms with van der Waals surface area (Å²) < 4.78 is 5.47. The van der Waals surface area contributed by atoms with E-state index in [2.05, 4.69) is 15.6 Å². The largest absolute Gasteiger partial charge is 0.477 e. The number of nitrogens with two attached hydrogens (primary N) is 1. The maximum absolute atomic E-state index is 10.7. The molecule has 8 nitrogen and oxygen atoms in total. The van der Waals surface area contributed by atoms with Gasteiger partial charge in [0.2, 0.25) is 0 Å². The van der Waals surface area contributed by atoms with Crippen LogP contribution in [0.25, 0.3) is 0 Å². The zero-order valence-corrected chi connectivity index (χ0v) is 12.7. The normalized spacial score (nSPS) is 9.13. The highest BCUT2D eigenvalue weighted by Gasteiger charge is 2.06. The van der Waals surface area contributed by atoms with E-state index in [9.17, 15) is 9.59 Å². The molecular formula is C15H18N4O4. The number of benzene rings is 1. The van der Waals surface area contributed by atoms with Crippen molar-refractivity contribution in [2.24, 2.45) is 0 Å². The van der Waals surface area contributed by atoms with E-state index in [4.69, 9.17) is 15.6 Å². The average Bonchev–Trinajstić information content (AvgIpc) is 2.57. The lowest BCUT2D eigenvalue weighted by Crippen LogP contribution is -2.28. The fourth-order valence-electron chi connectivity index (χ4n) is 1.39. The Hall–Kier alpha value is -3.29. The first-order valence-electron chi connectivity index (χ1n) is 6.58. The summed E-state index contributed by atoms with van der Waals surface area (Å²) in [5, 5.41) is 13.5. The van der Waals surface area contributed by atoms with Crippen LogP contribution in [0.1, 0.15) is 10.5 Å². The molecule has 1 aromatic carbocycles. The van der Waals surface area contributed by atoms with Crippen molar-refractivity contribution >= 4 is 17.7 Å². The van der Waals surface area contributed by atoms with E-state index in [1.807, 2.05) is 0 Å². The summed E-state index contributed by atoms with van der Waals surface area (Å²) in [5.41, 5.74) is 6.12. The van der Waals surface area contributed by atoms with Crippen LogP contribution in [0.3, 0.4) is 0 Å². The van der Waals surface area contributed by atoms with Crippen LogP contribution in [0.2, 0.25) is 0 Å². The van der Waals surface area contributed by atoms with Gasteiger partial charge in [-0.1, -0.05) is 0 Å². The van der Waals surface area contributed by atoms with Gasteiger partial charge in [-0.05, 0) is 30.3 Å². The second-order valence-corrected chi connectivity index (χ2v) is 4.18. The fourth-order valence-corrected chi connectivity index (χ4v) is 1.39. The zero-order chi connectivity index (χ0) is 17.2. The van der Waals surface area contributed by atoms with Gasteiger partial charge in [0.25, 0.3) is 0 Å². The smallest absolute Gasteiger partial charge is 0.354 e. The second-order valence-electron chi connectivity index (χ2n) is 4.18. The van der Waals surface area contributed by atoms with Crippen molar-refractivity contribution in [3.05, 3.63) is 48.3 Å². The molecule has 0 saturated heterocycles. The molecule has 23 heavy (non-hydrogen) atoms. The number of nitrogen functional groups attached to an aromatic ring is 1. The average molecular weight is 318 g/mol. The second kappa shape index (κ2) is 8.88. The quantitative estimate of drug-likeness (QED) is 0.638. The van der Waals surface area contributed by atoms with Crippen molar-refractivity contribution in [2.75, 3.05) is 19.8 Å². The number of rotatable bonds is 3. The molecule has 1 aromatic heterocycles. The van der Waals surface area contributed by atoms with Gasteiger partial charge >= 0.3 is 12.0 Å². The molecular weight excluding hydrogens is 300 g/mol. The molecule has 0 atom stereocenters. The summed E-state index contributed by atoms with van der Waals surface area (Å²) in [4.78, 5) is 24.4. The number of carboxylic acids is 1. The molecule has 122 valence electrons. The van der Waals surface area contributed by atoms with Gasteiger partial charge in [-0.2, -0.15) is 0 Å². The molecule has 2 rings (SSSR count). The van der Waals surface area contributed by atoms with Crippen molar-refractivity contribution in [3.63, 3.8) is 0 Å². The number of carbonyl (C=O) groups excluding carboxylic acids is 1. The molecule has 1 heterocycles. The number of anilines is 1. The third-order valence-electron chi connectivity index (χ3n) is 2.52. The van der Waals surface area contributed by atoms with Crippen molar-refractivity contribution in [1.29, 1.82) is 0 Å². The molecule has 0 bridgehead atoms. The molecule has 0 aliphatic rings. The van der Waals surface area contributed by atoms with Crippen LogP contribution < -0.4 is 21.1 Å². The molecule has 0 fully saturated rings. The molecule has 2 amide bonds. The van der Waals surface area contributed by atoms with Crippen molar-refractivity contribution in [3.8, 4) is 11.5 Å². The van der Waals surface area contributed by atoms with Crippen LogP contribution in [-0.2, 0) is 0 Å². The Morgan fingerprint density at radius 1 is 1.09 bits per heavy atom. The predicted molar refractivity (Wildman–Crippen MR) is 85.6 cm³/mol. The number of aromatic nitrogens is 1. The van der Waals surface area contributed by atoms with Crippen LogP contribution in [0, 0.1) is 0 Å². The van der Waals surface area contributed by atoms with E-state index < -0.39 is 5.97 Å². The number of carbonyl (C=O) groups is 2. The molecule has 0 spiro atoms. The van der Waals surface area contributed by atoms with Crippen molar-refractivity contribution < 1.29 is 19.4 Å². The van der Waals surface area contributed by atoms with Crippen LogP contribution in [0.15, 0.2) is 42.6 Å². The molecule has 0 saturated carbocycles. The highest BCUT2D eigenvalue weighted by atomic mass is 16.5. The number of nitrogens with zero attached hydrogens (tertiary/aromatic N) is 1. The summed E-state index contributed by atoms with van der Waals surface area (Å²) in [6.07, 6.45) is 1.39. The van der Waals surface area contributed by atoms with E-state index >= 15 is 0 Å². The van der Waals surface area contributed by atoms with E-state index in [0.29, 0.717) is 17.2 Å². The summed E-state index contributed by atoms with van der Waals surface area (Å²) in [5.74, 6) is -0.0864. The molecule has 0 aliphatic heterocycles. The maximum Gasteiger partial charge on any atom is 0.354 e. The number of pyridine rings is 1. The predicted octanol–water partition coefficient (Wildman–Crippen LogP) is 1.70. The van der Waals surface area contributed by atoms with Gasteiger partial charge < -0.3 is 26.2 Å². The van der Waals surface area contributed by atoms with Gasteiger partial charge in [-0.25, -0.2) is 14.6 Å². The SMILES string of the molecule is CNC(=O)NC.Nc1ccc(Oc2ccnc(C(=O)O)c2)cc1. The third kappa shape index (κ3) is 6.34. The van der Waals surface area contributed by atoms with Gasteiger partial charge in [0.05, 0.1) is 0 Å². The first kappa shape index (κ1) is 17.8. The number of carboxylic acid groups (broad SMARTS) is 1. The van der Waals surface area contributed by atoms with Gasteiger partial charge in [0.15, 0.2) is 5.69 Å². The first-order chi connectivity index (χ1) is 11.0. The van der Waals surface area contributed by atoms with Gasteiger partial charge in [-0.3, -0.25) is 0 Å². The summed E-state index contributed by atoms with van der Waals surface area (Å²) in [7, 11) is 3.14. The minimum atomic E-state index is -1.09. The Kier molecular flexibility index (Phi) is 6.86. The number of amides is 2. The molecule has 8 heteroatoms. The van der Waals surface area contributed by atoms with Crippen LogP contribution in [0.4, 0.5) is 10.5 Å². The number of nitrogens with one attached hydrogen (secondary N) is 2. The minimum Gasteiger partial charge on any atom is -0.477 e. The highest BCUT2D eigenvalue weighted by molar-refractivity contribution is 5.85. The highest BCUT2D eigenvalue weighted by Crippen LogP contribution is 2.22. The van der Waals surface area contributed by atoms with E-state index in [1.165, 1.54) is 12.3 Å². The van der Waals surface area contributed by atoms with Gasteiger partial charge in [0, 0.05) is 32.0 Å². The van der Waals surface area contributed by atoms with E-state index in [0.717, 1.165) is 0 Å². The summed E-state index contributed by atoms with van der Waals surface area (Å²) >= 11 is 0. The molecule has 0 unspecified atom stereocenters. The number of ether oxygens (including phenoxy) is 1. The number of aromatic carboxylic acids is 1. The lowest BCUT2D eigenvalue weighted by molar-refractivity contribution is 0.0690. The van der Waals surface area contributed by atoms with E-state index in [-0.39, 0.29) is 11.7 Å². The molecule has 2 aromatic rings. The number of urea groups is 1. The van der Waals surface area contributed by atoms with Crippen molar-refractivity contribution in [2.45, 2.75) is 0 Å². The Morgan fingerprint density at radius 3 is 2.17 bits per heavy atom. The van der Waals surface area contributed by atoms with Crippen LogP contribution >= 0.6 is 0 Å². The monoisotopic (exact) mass is 318 g/mol. The summed E-state index contributed by atoms with van der Waals surface area (Å²) in [6, 6.07) is 9.60. The van der Waals surface area contributed by atoms with Crippen LogP contribution in [-0.4, -0.2) is 36.2 Å². The lowest BCUT2D eigenvalue weighted by atomic mass is 10.3. The number of hydrogen-bond donors (Lipinski definition) is 4. The Morgan fingerprint density at radius 2 is 1.70 bits per heavy atom. The zero-order valence-electron chi connectivity index (χ0n) is 12.7. The lowest BCUT2D eigenvalue weighted by Gasteiger charge is -2.05. The molecule has 5 N–H and O–H groups in total. The Labute approximate surface area is 133 Å². The maximum atomic E-state index is 10.7. The van der Waals surface area contributed by atoms with Gasteiger partial charge in [0.1, 0.15) is 11.5 Å². The fraction of sp³-hybridized carbons (Fsp3) is 0.133. The number of hydrogen-bond acceptors (Lipinski definition) is 5. The summed E-state index contributed by atoms with van der Waals surface area (Å²) in [6.45, 7) is 0. The third-order valence-corrected chi connectivity index (χ3v) is 2.52. The first-order valence-corrected chi connectivity index (χ1v) is 6.58. The van der Waals surface area contributed by atoms with Gasteiger partial charge in [-0.15, -0.1) is 0 Å². The minimum absolute atomic E-state index is 0.0575. The van der Waals surface area contributed by atoms with Crippen LogP contribution in [0.5, 0.6) is 11.5 Å². The van der Waals surface area contributed by atoms with Crippen molar-refractivity contribution in [1.82, 2.24) is 15.6 Å².